The summed E-state index contributed by atoms with van der Waals surface area (Å²) in [5.41, 5.74) is 0.664. The van der Waals surface area contributed by atoms with Gasteiger partial charge in [-0.2, -0.15) is 0 Å². The zero-order valence-electron chi connectivity index (χ0n) is 16.1. The van der Waals surface area contributed by atoms with Gasteiger partial charge in [0.05, 0.1) is 17.1 Å². The molecule has 1 aromatic rings. The van der Waals surface area contributed by atoms with Crippen molar-refractivity contribution in [2.45, 2.75) is 39.2 Å². The minimum atomic E-state index is -3.12. The lowest BCUT2D eigenvalue weighted by atomic mass is 10.2. The summed E-state index contributed by atoms with van der Waals surface area (Å²) in [5, 5.41) is 2.57. The predicted molar refractivity (Wildman–Crippen MR) is 105 cm³/mol. The Balaban J connectivity index is 1.99. The van der Waals surface area contributed by atoms with Crippen molar-refractivity contribution in [3.63, 3.8) is 0 Å². The zero-order valence-corrected chi connectivity index (χ0v) is 17.0. The van der Waals surface area contributed by atoms with Gasteiger partial charge in [0.2, 0.25) is 5.91 Å². The summed E-state index contributed by atoms with van der Waals surface area (Å²) < 4.78 is 28.6. The van der Waals surface area contributed by atoms with Crippen LogP contribution in [-0.2, 0) is 24.2 Å². The first-order valence-electron chi connectivity index (χ1n) is 9.26. The van der Waals surface area contributed by atoms with Gasteiger partial charge >= 0.3 is 5.97 Å². The van der Waals surface area contributed by atoms with Crippen LogP contribution in [0.5, 0.6) is 0 Å². The Bertz CT molecular complexity index is 837. The van der Waals surface area contributed by atoms with E-state index in [1.807, 2.05) is 6.92 Å². The molecule has 1 aliphatic heterocycles. The summed E-state index contributed by atoms with van der Waals surface area (Å²) in [6, 6.07) is 5.85. The maximum Gasteiger partial charge on any atom is 0.338 e. The monoisotopic (exact) mass is 410 g/mol. The standard InChI is InChI=1S/C19H26N2O6S/c1-3-4-9-21(17-8-10-28(25,26)13-17)18(23)12-27-19(24)15-6-5-7-16(11-15)20-14(2)22/h5-7,11,17H,3-4,8-10,12-13H2,1-2H3,(H,20,22). The van der Waals surface area contributed by atoms with E-state index in [9.17, 15) is 22.8 Å². The average Bonchev–Trinajstić information content (AvgIpc) is 2.99. The van der Waals surface area contributed by atoms with E-state index in [-0.39, 0.29) is 29.0 Å². The predicted octanol–water partition coefficient (Wildman–Crippen LogP) is 1.62. The number of carbonyl (C=O) groups excluding carboxylic acids is 3. The van der Waals surface area contributed by atoms with E-state index < -0.39 is 28.3 Å². The molecular formula is C19H26N2O6S. The number of amides is 2. The Labute approximate surface area is 165 Å². The van der Waals surface area contributed by atoms with E-state index >= 15 is 0 Å². The third kappa shape index (κ3) is 6.33. The molecule has 154 valence electrons. The van der Waals surface area contributed by atoms with Crippen LogP contribution in [0, 0.1) is 0 Å². The van der Waals surface area contributed by atoms with E-state index in [4.69, 9.17) is 4.74 Å². The molecule has 1 heterocycles. The van der Waals surface area contributed by atoms with E-state index in [1.54, 1.807) is 12.1 Å². The van der Waals surface area contributed by atoms with Gasteiger partial charge in [0, 0.05) is 25.2 Å². The molecule has 1 aromatic carbocycles. The van der Waals surface area contributed by atoms with Crippen molar-refractivity contribution < 1.29 is 27.5 Å². The van der Waals surface area contributed by atoms with Crippen molar-refractivity contribution in [1.82, 2.24) is 4.90 Å². The highest BCUT2D eigenvalue weighted by atomic mass is 32.2. The van der Waals surface area contributed by atoms with Gasteiger partial charge in [-0.3, -0.25) is 9.59 Å². The maximum atomic E-state index is 12.6. The summed E-state index contributed by atoms with van der Waals surface area (Å²) in [4.78, 5) is 37.5. The average molecular weight is 410 g/mol. The summed E-state index contributed by atoms with van der Waals surface area (Å²) in [7, 11) is -3.12. The number of ether oxygens (including phenoxy) is 1. The number of carbonyl (C=O) groups is 3. The molecule has 0 saturated carbocycles. The van der Waals surface area contributed by atoms with Gasteiger partial charge < -0.3 is 15.0 Å². The molecule has 1 atom stereocenters. The van der Waals surface area contributed by atoms with Crippen molar-refractivity contribution in [3.05, 3.63) is 29.8 Å². The second-order valence-electron chi connectivity index (χ2n) is 6.84. The zero-order chi connectivity index (χ0) is 20.7. The molecular weight excluding hydrogens is 384 g/mol. The van der Waals surface area contributed by atoms with Crippen molar-refractivity contribution in [1.29, 1.82) is 0 Å². The molecule has 0 bridgehead atoms. The molecule has 2 rings (SSSR count). The molecule has 8 nitrogen and oxygen atoms in total. The molecule has 0 aliphatic carbocycles. The van der Waals surface area contributed by atoms with Crippen LogP contribution in [0.4, 0.5) is 5.69 Å². The molecule has 0 spiro atoms. The van der Waals surface area contributed by atoms with Crippen LogP contribution in [0.2, 0.25) is 0 Å². The Morgan fingerprint density at radius 1 is 1.29 bits per heavy atom. The Hall–Kier alpha value is -2.42. The van der Waals surface area contributed by atoms with Gasteiger partial charge in [-0.15, -0.1) is 0 Å². The number of unbranched alkanes of at least 4 members (excludes halogenated alkanes) is 1. The van der Waals surface area contributed by atoms with Crippen LogP contribution in [0.1, 0.15) is 43.5 Å². The SMILES string of the molecule is CCCCN(C(=O)COC(=O)c1cccc(NC(C)=O)c1)C1CCS(=O)(=O)C1. The van der Waals surface area contributed by atoms with Crippen molar-refractivity contribution in [2.75, 3.05) is 30.0 Å². The molecule has 1 saturated heterocycles. The Morgan fingerprint density at radius 2 is 2.04 bits per heavy atom. The molecule has 1 aliphatic rings. The number of rotatable bonds is 8. The molecule has 28 heavy (non-hydrogen) atoms. The fourth-order valence-corrected chi connectivity index (χ4v) is 4.81. The first-order valence-corrected chi connectivity index (χ1v) is 11.1. The lowest BCUT2D eigenvalue weighted by Gasteiger charge is -2.28. The van der Waals surface area contributed by atoms with Gasteiger partial charge in [0.1, 0.15) is 0 Å². The van der Waals surface area contributed by atoms with Gasteiger partial charge in [0.25, 0.3) is 5.91 Å². The minimum Gasteiger partial charge on any atom is -0.452 e. The van der Waals surface area contributed by atoms with Crippen LogP contribution in [-0.4, -0.2) is 61.8 Å². The fourth-order valence-electron chi connectivity index (χ4n) is 3.08. The molecule has 1 unspecified atom stereocenters. The normalized spacial score (nSPS) is 17.7. The largest absolute Gasteiger partial charge is 0.452 e. The van der Waals surface area contributed by atoms with Crippen molar-refractivity contribution in [2.24, 2.45) is 0 Å². The lowest BCUT2D eigenvalue weighted by molar-refractivity contribution is -0.136. The van der Waals surface area contributed by atoms with Crippen LogP contribution < -0.4 is 5.32 Å². The highest BCUT2D eigenvalue weighted by Gasteiger charge is 2.34. The number of hydrogen-bond donors (Lipinski definition) is 1. The number of benzene rings is 1. The number of hydrogen-bond acceptors (Lipinski definition) is 6. The third-order valence-corrected chi connectivity index (χ3v) is 6.22. The molecule has 1 N–H and O–H groups in total. The van der Waals surface area contributed by atoms with Crippen LogP contribution in [0.15, 0.2) is 24.3 Å². The quantitative estimate of drug-likeness (QED) is 0.652. The molecule has 1 fully saturated rings. The second-order valence-corrected chi connectivity index (χ2v) is 9.06. The van der Waals surface area contributed by atoms with Crippen LogP contribution in [0.25, 0.3) is 0 Å². The lowest BCUT2D eigenvalue weighted by Crippen LogP contribution is -2.43. The molecule has 9 heteroatoms. The second kappa shape index (κ2) is 9.68. The smallest absolute Gasteiger partial charge is 0.338 e. The van der Waals surface area contributed by atoms with Crippen LogP contribution in [0.3, 0.4) is 0 Å². The highest BCUT2D eigenvalue weighted by molar-refractivity contribution is 7.91. The number of sulfone groups is 1. The topological polar surface area (TPSA) is 110 Å². The number of anilines is 1. The van der Waals surface area contributed by atoms with Crippen LogP contribution >= 0.6 is 0 Å². The van der Waals surface area contributed by atoms with E-state index in [2.05, 4.69) is 5.32 Å². The third-order valence-electron chi connectivity index (χ3n) is 4.47. The van der Waals surface area contributed by atoms with E-state index in [1.165, 1.54) is 24.0 Å². The number of esters is 1. The fraction of sp³-hybridized carbons (Fsp3) is 0.526. The van der Waals surface area contributed by atoms with Gasteiger partial charge in [-0.05, 0) is 31.0 Å². The molecule has 0 aromatic heterocycles. The summed E-state index contributed by atoms with van der Waals surface area (Å²) >= 11 is 0. The molecule has 2 amide bonds. The summed E-state index contributed by atoms with van der Waals surface area (Å²) in [5.74, 6) is -1.32. The number of nitrogens with one attached hydrogen (secondary N) is 1. The van der Waals surface area contributed by atoms with E-state index in [0.717, 1.165) is 12.8 Å². The van der Waals surface area contributed by atoms with Gasteiger partial charge in [-0.1, -0.05) is 19.4 Å². The van der Waals surface area contributed by atoms with Gasteiger partial charge in [-0.25, -0.2) is 13.2 Å². The van der Waals surface area contributed by atoms with Crippen molar-refractivity contribution in [3.8, 4) is 0 Å². The van der Waals surface area contributed by atoms with Gasteiger partial charge in [0.15, 0.2) is 16.4 Å². The Kier molecular flexibility index (Phi) is 7.56. The first-order chi connectivity index (χ1) is 13.2. The minimum absolute atomic E-state index is 0.0465. The van der Waals surface area contributed by atoms with E-state index in [0.29, 0.717) is 18.7 Å². The van der Waals surface area contributed by atoms with Crippen molar-refractivity contribution >= 4 is 33.3 Å². The number of nitrogens with zero attached hydrogens (tertiary/aromatic N) is 1. The Morgan fingerprint density at radius 3 is 2.64 bits per heavy atom. The highest BCUT2D eigenvalue weighted by Crippen LogP contribution is 2.19. The summed E-state index contributed by atoms with van der Waals surface area (Å²) in [6.45, 7) is 3.32. The molecule has 0 radical (unpaired) electrons. The summed E-state index contributed by atoms with van der Waals surface area (Å²) in [6.07, 6.45) is 2.01. The first kappa shape index (κ1) is 21.9. The maximum absolute atomic E-state index is 12.6.